The molecule has 2 unspecified atom stereocenters. The predicted molar refractivity (Wildman–Crippen MR) is 68.0 cm³/mol. The van der Waals surface area contributed by atoms with Gasteiger partial charge in [-0.2, -0.15) is 0 Å². The highest BCUT2D eigenvalue weighted by Crippen LogP contribution is 2.04. The molecule has 0 aromatic carbocycles. The number of hydrogen-bond acceptors (Lipinski definition) is 6. The summed E-state index contributed by atoms with van der Waals surface area (Å²) in [6.07, 6.45) is -0.222. The van der Waals surface area contributed by atoms with Crippen LogP contribution < -0.4 is 10.6 Å². The number of carbonyl (C=O) groups is 3. The van der Waals surface area contributed by atoms with Crippen molar-refractivity contribution in [3.8, 4) is 0 Å². The summed E-state index contributed by atoms with van der Waals surface area (Å²) >= 11 is 0. The van der Waals surface area contributed by atoms with E-state index in [2.05, 4.69) is 15.4 Å². The van der Waals surface area contributed by atoms with E-state index in [0.29, 0.717) is 13.2 Å². The molecule has 0 aromatic heterocycles. The van der Waals surface area contributed by atoms with Gasteiger partial charge in [-0.15, -0.1) is 0 Å². The molecule has 8 nitrogen and oxygen atoms in total. The maximum Gasteiger partial charge on any atom is 0.326 e. The fourth-order valence-corrected chi connectivity index (χ4v) is 1.83. The average molecular weight is 288 g/mol. The van der Waals surface area contributed by atoms with Crippen LogP contribution in [0.3, 0.4) is 0 Å². The molecule has 8 heteroatoms. The van der Waals surface area contributed by atoms with Crippen LogP contribution in [0.2, 0.25) is 0 Å². The van der Waals surface area contributed by atoms with Crippen LogP contribution in [0, 0.1) is 0 Å². The number of amides is 1. The summed E-state index contributed by atoms with van der Waals surface area (Å²) in [6.45, 7) is 1.84. The Morgan fingerprint density at radius 3 is 2.80 bits per heavy atom. The Hall–Kier alpha value is -1.67. The molecule has 0 bridgehead atoms. The summed E-state index contributed by atoms with van der Waals surface area (Å²) in [6, 6.07) is -1.10. The Kier molecular flexibility index (Phi) is 6.96. The second-order valence-electron chi connectivity index (χ2n) is 4.47. The first-order valence-electron chi connectivity index (χ1n) is 6.44. The molecule has 0 aliphatic carbocycles. The van der Waals surface area contributed by atoms with E-state index in [4.69, 9.17) is 9.84 Å². The third-order valence-electron chi connectivity index (χ3n) is 2.92. The zero-order valence-electron chi connectivity index (χ0n) is 11.4. The van der Waals surface area contributed by atoms with E-state index in [1.807, 2.05) is 0 Å². The molecule has 0 aromatic rings. The summed E-state index contributed by atoms with van der Waals surface area (Å²) in [5, 5.41) is 14.5. The molecule has 114 valence electrons. The zero-order chi connectivity index (χ0) is 15.0. The number of carbonyl (C=O) groups excluding carboxylic acids is 2. The Morgan fingerprint density at radius 1 is 1.50 bits per heavy atom. The van der Waals surface area contributed by atoms with Gasteiger partial charge in [0, 0.05) is 19.5 Å². The molecule has 0 spiro atoms. The molecule has 1 aliphatic heterocycles. The van der Waals surface area contributed by atoms with E-state index in [0.717, 1.165) is 6.54 Å². The summed E-state index contributed by atoms with van der Waals surface area (Å²) in [7, 11) is 1.23. The van der Waals surface area contributed by atoms with Crippen LogP contribution in [0.5, 0.6) is 0 Å². The van der Waals surface area contributed by atoms with Gasteiger partial charge in [-0.25, -0.2) is 4.79 Å². The molecule has 3 N–H and O–H groups in total. The molecule has 1 heterocycles. The first-order chi connectivity index (χ1) is 9.52. The third-order valence-corrected chi connectivity index (χ3v) is 2.92. The van der Waals surface area contributed by atoms with Crippen molar-refractivity contribution >= 4 is 17.8 Å². The van der Waals surface area contributed by atoms with Crippen molar-refractivity contribution in [3.63, 3.8) is 0 Å². The summed E-state index contributed by atoms with van der Waals surface area (Å²) in [5.41, 5.74) is 0. The number of aliphatic carboxylic acids is 1. The van der Waals surface area contributed by atoms with Crippen LogP contribution in [0.1, 0.15) is 19.3 Å². The van der Waals surface area contributed by atoms with E-state index in [1.165, 1.54) is 7.11 Å². The van der Waals surface area contributed by atoms with Crippen molar-refractivity contribution in [2.24, 2.45) is 0 Å². The minimum Gasteiger partial charge on any atom is -0.480 e. The number of morpholine rings is 1. The summed E-state index contributed by atoms with van der Waals surface area (Å²) in [4.78, 5) is 33.7. The van der Waals surface area contributed by atoms with Gasteiger partial charge in [0.05, 0.1) is 26.2 Å². The Bertz CT molecular complexity index is 354. The molecule has 2 atom stereocenters. The lowest BCUT2D eigenvalue weighted by Crippen LogP contribution is -2.45. The molecule has 1 saturated heterocycles. The molecule has 1 aliphatic rings. The first kappa shape index (κ1) is 16.4. The van der Waals surface area contributed by atoms with Crippen molar-refractivity contribution in [2.75, 3.05) is 26.8 Å². The number of rotatable bonds is 7. The van der Waals surface area contributed by atoms with Gasteiger partial charge in [0.1, 0.15) is 6.04 Å². The van der Waals surface area contributed by atoms with Crippen LogP contribution in [0.4, 0.5) is 0 Å². The van der Waals surface area contributed by atoms with E-state index in [9.17, 15) is 14.4 Å². The van der Waals surface area contributed by atoms with Crippen molar-refractivity contribution in [3.05, 3.63) is 0 Å². The van der Waals surface area contributed by atoms with Gasteiger partial charge in [0.25, 0.3) is 0 Å². The average Bonchev–Trinajstić information content (AvgIpc) is 2.43. The lowest BCUT2D eigenvalue weighted by Gasteiger charge is -2.23. The SMILES string of the molecule is COC(=O)CCC(NC(=O)CC1CNCCO1)C(=O)O. The number of esters is 1. The maximum absolute atomic E-state index is 11.7. The molecule has 1 amide bonds. The second-order valence-corrected chi connectivity index (χ2v) is 4.47. The van der Waals surface area contributed by atoms with E-state index in [1.54, 1.807) is 0 Å². The number of hydrogen-bond donors (Lipinski definition) is 3. The molecular weight excluding hydrogens is 268 g/mol. The lowest BCUT2D eigenvalue weighted by atomic mass is 10.1. The fourth-order valence-electron chi connectivity index (χ4n) is 1.83. The largest absolute Gasteiger partial charge is 0.480 e. The van der Waals surface area contributed by atoms with E-state index >= 15 is 0 Å². The molecule has 20 heavy (non-hydrogen) atoms. The fraction of sp³-hybridized carbons (Fsp3) is 0.750. The van der Waals surface area contributed by atoms with Crippen molar-refractivity contribution in [1.82, 2.24) is 10.6 Å². The van der Waals surface area contributed by atoms with Crippen molar-refractivity contribution in [2.45, 2.75) is 31.4 Å². The number of carboxylic acid groups (broad SMARTS) is 1. The van der Waals surface area contributed by atoms with Crippen molar-refractivity contribution < 1.29 is 29.0 Å². The molecule has 0 radical (unpaired) electrons. The monoisotopic (exact) mass is 288 g/mol. The van der Waals surface area contributed by atoms with E-state index in [-0.39, 0.29) is 25.4 Å². The van der Waals surface area contributed by atoms with Gasteiger partial charge in [0.2, 0.25) is 5.91 Å². The molecule has 1 rings (SSSR count). The first-order valence-corrected chi connectivity index (χ1v) is 6.44. The minimum atomic E-state index is -1.18. The van der Waals surface area contributed by atoms with Crippen LogP contribution in [-0.4, -0.2) is 61.9 Å². The normalized spacial score (nSPS) is 19.9. The Morgan fingerprint density at radius 2 is 2.25 bits per heavy atom. The number of nitrogens with one attached hydrogen (secondary N) is 2. The van der Waals surface area contributed by atoms with Crippen LogP contribution in [0.15, 0.2) is 0 Å². The molecule has 1 fully saturated rings. The Labute approximate surface area is 116 Å². The van der Waals surface area contributed by atoms with Gasteiger partial charge < -0.3 is 25.2 Å². The highest BCUT2D eigenvalue weighted by atomic mass is 16.5. The van der Waals surface area contributed by atoms with Gasteiger partial charge in [0.15, 0.2) is 0 Å². The standard InChI is InChI=1S/C12H20N2O6/c1-19-11(16)3-2-9(12(17)18)14-10(15)6-8-7-13-4-5-20-8/h8-9,13H,2-7H2,1H3,(H,14,15)(H,17,18). The minimum absolute atomic E-state index is 0.00246. The van der Waals surface area contributed by atoms with Crippen LogP contribution >= 0.6 is 0 Å². The Balaban J connectivity index is 2.37. The summed E-state index contributed by atoms with van der Waals surface area (Å²) < 4.78 is 9.80. The van der Waals surface area contributed by atoms with Crippen LogP contribution in [0.25, 0.3) is 0 Å². The number of methoxy groups -OCH3 is 1. The van der Waals surface area contributed by atoms with E-state index < -0.39 is 23.9 Å². The summed E-state index contributed by atoms with van der Waals surface area (Å²) in [5.74, 6) is -2.09. The van der Waals surface area contributed by atoms with Gasteiger partial charge >= 0.3 is 11.9 Å². The van der Waals surface area contributed by atoms with Crippen molar-refractivity contribution in [1.29, 1.82) is 0 Å². The lowest BCUT2D eigenvalue weighted by molar-refractivity contribution is -0.144. The smallest absolute Gasteiger partial charge is 0.326 e. The zero-order valence-corrected chi connectivity index (χ0v) is 11.4. The topological polar surface area (TPSA) is 114 Å². The maximum atomic E-state index is 11.7. The highest BCUT2D eigenvalue weighted by Gasteiger charge is 2.23. The van der Waals surface area contributed by atoms with Crippen LogP contribution in [-0.2, 0) is 23.9 Å². The van der Waals surface area contributed by atoms with Gasteiger partial charge in [-0.3, -0.25) is 9.59 Å². The highest BCUT2D eigenvalue weighted by molar-refractivity contribution is 5.84. The molecular formula is C12H20N2O6. The quantitative estimate of drug-likeness (QED) is 0.509. The van der Waals surface area contributed by atoms with Gasteiger partial charge in [-0.05, 0) is 6.42 Å². The molecule has 0 saturated carbocycles. The predicted octanol–water partition coefficient (Wildman–Crippen LogP) is -1.11. The second kappa shape index (κ2) is 8.49. The number of carboxylic acids is 1. The third kappa shape index (κ3) is 5.98. The van der Waals surface area contributed by atoms with Gasteiger partial charge in [-0.1, -0.05) is 0 Å². The number of ether oxygens (including phenoxy) is 2.